The number of aromatic nitrogens is 2. The van der Waals surface area contributed by atoms with Gasteiger partial charge in [-0.25, -0.2) is 13.4 Å². The van der Waals surface area contributed by atoms with Crippen LogP contribution in [0.4, 0.5) is 23.1 Å². The number of carbonyl (C=O) groups is 1. The van der Waals surface area contributed by atoms with Crippen molar-refractivity contribution in [2.75, 3.05) is 66.4 Å². The molecule has 170 valence electrons. The Balaban J connectivity index is 1.47. The van der Waals surface area contributed by atoms with Gasteiger partial charge in [0.05, 0.1) is 30.0 Å². The predicted molar refractivity (Wildman–Crippen MR) is 121 cm³/mol. The van der Waals surface area contributed by atoms with Crippen molar-refractivity contribution < 1.29 is 17.9 Å². The second kappa shape index (κ2) is 7.89. The van der Waals surface area contributed by atoms with Gasteiger partial charge < -0.3 is 19.4 Å². The zero-order valence-corrected chi connectivity index (χ0v) is 19.0. The number of rotatable bonds is 5. The van der Waals surface area contributed by atoms with Crippen LogP contribution >= 0.6 is 0 Å². The molecule has 1 amide bonds. The molecule has 1 saturated heterocycles. The maximum Gasteiger partial charge on any atom is 0.262 e. The zero-order valence-electron chi connectivity index (χ0n) is 18.2. The predicted octanol–water partition coefficient (Wildman–Crippen LogP) is 1.02. The summed E-state index contributed by atoms with van der Waals surface area (Å²) in [6.07, 6.45) is 3.15. The lowest BCUT2D eigenvalue weighted by Crippen LogP contribution is -2.37. The van der Waals surface area contributed by atoms with Gasteiger partial charge in [-0.3, -0.25) is 9.52 Å². The smallest absolute Gasteiger partial charge is 0.262 e. The first-order valence-electron chi connectivity index (χ1n) is 10.7. The fraction of sp³-hybridized carbons (Fsp3) is 0.476. The van der Waals surface area contributed by atoms with Crippen molar-refractivity contribution in [3.05, 3.63) is 29.5 Å². The summed E-state index contributed by atoms with van der Waals surface area (Å²) in [7, 11) is -0.234. The van der Waals surface area contributed by atoms with E-state index in [1.54, 1.807) is 21.9 Å². The van der Waals surface area contributed by atoms with E-state index in [9.17, 15) is 13.2 Å². The molecule has 10 nitrogen and oxygen atoms in total. The number of carbonyl (C=O) groups excluding carboxylic acids is 1. The average Bonchev–Trinajstić information content (AvgIpc) is 3.22. The number of benzene rings is 1. The molecule has 4 heterocycles. The van der Waals surface area contributed by atoms with Crippen LogP contribution < -0.4 is 19.4 Å². The Kier molecular flexibility index (Phi) is 5.17. The molecule has 0 bridgehead atoms. The van der Waals surface area contributed by atoms with Crippen LogP contribution in [0.3, 0.4) is 0 Å². The minimum atomic E-state index is -3.86. The summed E-state index contributed by atoms with van der Waals surface area (Å²) >= 11 is 0. The Hall–Kier alpha value is -2.92. The van der Waals surface area contributed by atoms with Gasteiger partial charge in [-0.1, -0.05) is 0 Å². The third-order valence-corrected chi connectivity index (χ3v) is 7.40. The van der Waals surface area contributed by atoms with Gasteiger partial charge in [-0.05, 0) is 36.1 Å². The maximum atomic E-state index is 13.3. The maximum absolute atomic E-state index is 13.3. The molecule has 5 rings (SSSR count). The fourth-order valence-corrected chi connectivity index (χ4v) is 5.62. The van der Waals surface area contributed by atoms with Crippen molar-refractivity contribution in [2.24, 2.45) is 0 Å². The van der Waals surface area contributed by atoms with Crippen LogP contribution in [0.1, 0.15) is 17.5 Å². The highest BCUT2D eigenvalue weighted by atomic mass is 32.2. The van der Waals surface area contributed by atoms with Gasteiger partial charge in [0, 0.05) is 40.2 Å². The standard InChI is InChI=1S/C21H26N6O4S/c1-25(2)20-17(13-22-21(23-20)26-7-9-31-10-8-26)24-32(29,30)16-11-14-3-4-18(28)27-6-5-15(12-16)19(14)27/h11-13,24H,3-10H2,1-2H3. The largest absolute Gasteiger partial charge is 0.378 e. The minimum absolute atomic E-state index is 0.109. The molecule has 0 unspecified atom stereocenters. The first kappa shape index (κ1) is 21.0. The molecule has 0 atom stereocenters. The Morgan fingerprint density at radius 1 is 1.06 bits per heavy atom. The van der Waals surface area contributed by atoms with Crippen LogP contribution in [0, 0.1) is 0 Å². The summed E-state index contributed by atoms with van der Waals surface area (Å²) < 4.78 is 34.7. The molecule has 0 aliphatic carbocycles. The van der Waals surface area contributed by atoms with Crippen LogP contribution in [0.25, 0.3) is 0 Å². The lowest BCUT2D eigenvalue weighted by molar-refractivity contribution is -0.118. The number of amides is 1. The topological polar surface area (TPSA) is 108 Å². The van der Waals surface area contributed by atoms with Gasteiger partial charge in [0.15, 0.2) is 5.82 Å². The van der Waals surface area contributed by atoms with Gasteiger partial charge in [0.2, 0.25) is 11.9 Å². The van der Waals surface area contributed by atoms with E-state index < -0.39 is 10.0 Å². The van der Waals surface area contributed by atoms with Crippen molar-refractivity contribution in [2.45, 2.75) is 24.2 Å². The number of hydrogen-bond acceptors (Lipinski definition) is 8. The number of nitrogens with zero attached hydrogens (tertiary/aromatic N) is 5. The molecule has 1 fully saturated rings. The van der Waals surface area contributed by atoms with Crippen molar-refractivity contribution in [1.29, 1.82) is 0 Å². The third kappa shape index (κ3) is 3.65. The first-order valence-corrected chi connectivity index (χ1v) is 12.2. The van der Waals surface area contributed by atoms with Crippen LogP contribution in [0.2, 0.25) is 0 Å². The molecule has 1 N–H and O–H groups in total. The van der Waals surface area contributed by atoms with E-state index in [4.69, 9.17) is 4.74 Å². The van der Waals surface area contributed by atoms with Crippen LogP contribution in [0.5, 0.6) is 0 Å². The number of ether oxygens (including phenoxy) is 1. The van der Waals surface area contributed by atoms with Crippen molar-refractivity contribution in [1.82, 2.24) is 9.97 Å². The van der Waals surface area contributed by atoms with Crippen molar-refractivity contribution in [3.8, 4) is 0 Å². The van der Waals surface area contributed by atoms with E-state index >= 15 is 0 Å². The van der Waals surface area contributed by atoms with Crippen LogP contribution in [-0.2, 0) is 32.4 Å². The molecule has 0 saturated carbocycles. The second-order valence-corrected chi connectivity index (χ2v) is 10.1. The molecule has 1 aromatic carbocycles. The molecule has 0 radical (unpaired) electrons. The molecular formula is C21H26N6O4S. The number of nitrogens with one attached hydrogen (secondary N) is 1. The second-order valence-electron chi connectivity index (χ2n) is 8.39. The Bertz CT molecular complexity index is 1180. The van der Waals surface area contributed by atoms with E-state index in [-0.39, 0.29) is 10.8 Å². The highest BCUT2D eigenvalue weighted by molar-refractivity contribution is 7.92. The summed E-state index contributed by atoms with van der Waals surface area (Å²) in [6, 6.07) is 3.36. The van der Waals surface area contributed by atoms with Gasteiger partial charge >= 0.3 is 0 Å². The molecule has 3 aliphatic rings. The highest BCUT2D eigenvalue weighted by Crippen LogP contribution is 2.39. The summed E-state index contributed by atoms with van der Waals surface area (Å²) in [5.74, 6) is 1.15. The van der Waals surface area contributed by atoms with E-state index in [0.29, 0.717) is 69.6 Å². The van der Waals surface area contributed by atoms with Gasteiger partial charge in [0.25, 0.3) is 10.0 Å². The Morgan fingerprint density at radius 3 is 2.50 bits per heavy atom. The normalized spacial score (nSPS) is 18.0. The molecular weight excluding hydrogens is 432 g/mol. The average molecular weight is 459 g/mol. The van der Waals surface area contributed by atoms with Gasteiger partial charge in [-0.15, -0.1) is 0 Å². The summed E-state index contributed by atoms with van der Waals surface area (Å²) in [6.45, 7) is 3.21. The molecule has 11 heteroatoms. The number of aryl methyl sites for hydroxylation is 1. The SMILES string of the molecule is CN(C)c1nc(N2CCOCC2)ncc1NS(=O)(=O)c1cc2c3c(c1)CCN3C(=O)CC2. The van der Waals surface area contributed by atoms with Crippen LogP contribution in [0.15, 0.2) is 23.2 Å². The quantitative estimate of drug-likeness (QED) is 0.708. The number of sulfonamides is 1. The van der Waals surface area contributed by atoms with Crippen molar-refractivity contribution >= 4 is 39.1 Å². The number of anilines is 4. The Morgan fingerprint density at radius 2 is 1.78 bits per heavy atom. The monoisotopic (exact) mass is 458 g/mol. The minimum Gasteiger partial charge on any atom is -0.378 e. The van der Waals surface area contributed by atoms with E-state index in [0.717, 1.165) is 16.8 Å². The summed E-state index contributed by atoms with van der Waals surface area (Å²) in [5, 5.41) is 0. The Labute approximate surface area is 187 Å². The van der Waals surface area contributed by atoms with Crippen LogP contribution in [-0.4, -0.2) is 71.2 Å². The first-order chi connectivity index (χ1) is 15.3. The van der Waals surface area contributed by atoms with Gasteiger partial charge in [-0.2, -0.15) is 4.98 Å². The fourth-order valence-electron chi connectivity index (χ4n) is 4.48. The highest BCUT2D eigenvalue weighted by Gasteiger charge is 2.33. The molecule has 32 heavy (non-hydrogen) atoms. The lowest BCUT2D eigenvalue weighted by Gasteiger charge is -2.28. The van der Waals surface area contributed by atoms with Gasteiger partial charge in [0.1, 0.15) is 5.69 Å². The molecule has 3 aliphatic heterocycles. The van der Waals surface area contributed by atoms with E-state index in [1.807, 2.05) is 19.0 Å². The number of morpholine rings is 1. The number of hydrogen-bond donors (Lipinski definition) is 1. The molecule has 1 aromatic heterocycles. The van der Waals surface area contributed by atoms with E-state index in [1.165, 1.54) is 6.20 Å². The zero-order chi connectivity index (χ0) is 22.5. The third-order valence-electron chi connectivity index (χ3n) is 6.05. The lowest BCUT2D eigenvalue weighted by atomic mass is 10.00. The summed E-state index contributed by atoms with van der Waals surface area (Å²) in [4.78, 5) is 26.9. The molecule has 2 aromatic rings. The summed E-state index contributed by atoms with van der Waals surface area (Å²) in [5.41, 5.74) is 3.03. The van der Waals surface area contributed by atoms with Crippen molar-refractivity contribution in [3.63, 3.8) is 0 Å². The molecule has 0 spiro atoms. The van der Waals surface area contributed by atoms with E-state index in [2.05, 4.69) is 14.7 Å².